The first kappa shape index (κ1) is 15.0. The van der Waals surface area contributed by atoms with Gasteiger partial charge < -0.3 is 10.6 Å². The number of carbonyl (C=O) groups excluding carboxylic acids is 2. The number of benzene rings is 1. The van der Waals surface area contributed by atoms with Crippen molar-refractivity contribution in [2.45, 2.75) is 4.90 Å². The molecule has 0 aliphatic carbocycles. The smallest absolute Gasteiger partial charge is 0.256 e. The lowest BCUT2D eigenvalue weighted by Crippen LogP contribution is -2.20. The van der Waals surface area contributed by atoms with Gasteiger partial charge in [-0.3, -0.25) is 14.7 Å². The van der Waals surface area contributed by atoms with Crippen molar-refractivity contribution in [2.24, 2.45) is 0 Å². The van der Waals surface area contributed by atoms with E-state index in [1.54, 1.807) is 29.5 Å². The van der Waals surface area contributed by atoms with Crippen molar-refractivity contribution in [3.8, 4) is 10.6 Å². The minimum Gasteiger partial charge on any atom is -0.324 e. The summed E-state index contributed by atoms with van der Waals surface area (Å²) in [6.45, 7) is 0. The molecule has 4 rings (SSSR count). The fourth-order valence-electron chi connectivity index (χ4n) is 2.36. The Hall–Kier alpha value is -2.58. The van der Waals surface area contributed by atoms with Crippen molar-refractivity contribution < 1.29 is 9.59 Å². The van der Waals surface area contributed by atoms with Crippen molar-refractivity contribution >= 4 is 46.4 Å². The van der Waals surface area contributed by atoms with Crippen molar-refractivity contribution in [2.75, 3.05) is 16.4 Å². The molecular weight excluding hydrogens is 344 g/mol. The quantitative estimate of drug-likeness (QED) is 0.671. The predicted octanol–water partition coefficient (Wildman–Crippen LogP) is 3.43. The molecule has 0 bridgehead atoms. The first-order valence-electron chi connectivity index (χ1n) is 7.16. The number of thiophene rings is 1. The van der Waals surface area contributed by atoms with E-state index in [1.807, 2.05) is 23.6 Å². The highest BCUT2D eigenvalue weighted by molar-refractivity contribution is 8.00. The maximum absolute atomic E-state index is 12.4. The average molecular weight is 356 g/mol. The monoisotopic (exact) mass is 356 g/mol. The van der Waals surface area contributed by atoms with Crippen LogP contribution in [-0.2, 0) is 4.79 Å². The summed E-state index contributed by atoms with van der Waals surface area (Å²) in [6, 6.07) is 11.0. The number of anilines is 2. The molecular formula is C16H12N4O2S2. The number of aromatic amines is 1. The van der Waals surface area contributed by atoms with E-state index in [4.69, 9.17) is 0 Å². The number of hydrogen-bond donors (Lipinski definition) is 3. The van der Waals surface area contributed by atoms with E-state index in [9.17, 15) is 9.59 Å². The third kappa shape index (κ3) is 2.93. The Balaban J connectivity index is 1.52. The minimum absolute atomic E-state index is 0.0575. The van der Waals surface area contributed by atoms with Crippen LogP contribution < -0.4 is 10.6 Å². The molecule has 3 heterocycles. The second kappa shape index (κ2) is 6.14. The third-order valence-corrected chi connectivity index (χ3v) is 5.46. The largest absolute Gasteiger partial charge is 0.324 e. The Kier molecular flexibility index (Phi) is 3.83. The van der Waals surface area contributed by atoms with Crippen molar-refractivity contribution in [1.82, 2.24) is 10.2 Å². The molecule has 0 saturated heterocycles. The Morgan fingerprint density at radius 2 is 2.17 bits per heavy atom. The minimum atomic E-state index is -0.271. The van der Waals surface area contributed by atoms with E-state index < -0.39 is 0 Å². The molecule has 0 fully saturated rings. The lowest BCUT2D eigenvalue weighted by atomic mass is 10.2. The van der Waals surface area contributed by atoms with Gasteiger partial charge in [0.05, 0.1) is 22.0 Å². The zero-order valence-corrected chi connectivity index (χ0v) is 14.0. The van der Waals surface area contributed by atoms with Crippen LogP contribution in [0, 0.1) is 0 Å². The van der Waals surface area contributed by atoms with E-state index in [-0.39, 0.29) is 11.8 Å². The van der Waals surface area contributed by atoms with E-state index in [0.717, 1.165) is 15.5 Å². The summed E-state index contributed by atoms with van der Waals surface area (Å²) < 4.78 is 0. The van der Waals surface area contributed by atoms with Crippen LogP contribution in [0.25, 0.3) is 10.6 Å². The van der Waals surface area contributed by atoms with Gasteiger partial charge in [0.15, 0.2) is 5.82 Å². The second-order valence-electron chi connectivity index (χ2n) is 5.15. The molecule has 8 heteroatoms. The van der Waals surface area contributed by atoms with Gasteiger partial charge >= 0.3 is 0 Å². The highest BCUT2D eigenvalue weighted by Gasteiger charge is 2.18. The molecule has 3 aromatic rings. The molecule has 3 N–H and O–H groups in total. The van der Waals surface area contributed by atoms with Gasteiger partial charge in [0.25, 0.3) is 5.91 Å². The van der Waals surface area contributed by atoms with Gasteiger partial charge in [-0.25, -0.2) is 0 Å². The standard InChI is InChI=1S/C16H12N4O2S2/c21-15-8-24-13-4-3-9(6-10(13)17-15)16(22)18-14-7-11(19-20-14)12-2-1-5-23-12/h1-7H,8H2,(H,17,21)(H2,18,19,20,22). The average Bonchev–Trinajstić information content (AvgIpc) is 3.25. The number of thioether (sulfide) groups is 1. The van der Waals surface area contributed by atoms with E-state index >= 15 is 0 Å². The van der Waals surface area contributed by atoms with Crippen LogP contribution in [0.4, 0.5) is 11.5 Å². The van der Waals surface area contributed by atoms with Crippen LogP contribution >= 0.6 is 23.1 Å². The van der Waals surface area contributed by atoms with Crippen LogP contribution in [0.5, 0.6) is 0 Å². The predicted molar refractivity (Wildman–Crippen MR) is 95.6 cm³/mol. The van der Waals surface area contributed by atoms with Gasteiger partial charge in [-0.15, -0.1) is 23.1 Å². The fourth-order valence-corrected chi connectivity index (χ4v) is 3.84. The van der Waals surface area contributed by atoms with Crippen LogP contribution in [0.2, 0.25) is 0 Å². The number of fused-ring (bicyclic) bond motifs is 1. The zero-order valence-electron chi connectivity index (χ0n) is 12.3. The molecule has 24 heavy (non-hydrogen) atoms. The number of aromatic nitrogens is 2. The van der Waals surface area contributed by atoms with Gasteiger partial charge in [-0.2, -0.15) is 5.10 Å². The van der Waals surface area contributed by atoms with Gasteiger partial charge in [-0.05, 0) is 29.6 Å². The van der Waals surface area contributed by atoms with Crippen molar-refractivity contribution in [3.05, 3.63) is 47.3 Å². The second-order valence-corrected chi connectivity index (χ2v) is 7.11. The first-order valence-corrected chi connectivity index (χ1v) is 9.03. The van der Waals surface area contributed by atoms with E-state index in [2.05, 4.69) is 20.8 Å². The number of rotatable bonds is 3. The maximum Gasteiger partial charge on any atom is 0.256 e. The number of nitrogens with one attached hydrogen (secondary N) is 3. The molecule has 0 spiro atoms. The van der Waals surface area contributed by atoms with Crippen molar-refractivity contribution in [1.29, 1.82) is 0 Å². The Morgan fingerprint density at radius 3 is 3.00 bits per heavy atom. The molecule has 0 saturated carbocycles. The van der Waals surface area contributed by atoms with Gasteiger partial charge in [-0.1, -0.05) is 6.07 Å². The van der Waals surface area contributed by atoms with Gasteiger partial charge in [0.1, 0.15) is 0 Å². The zero-order chi connectivity index (χ0) is 16.5. The lowest BCUT2D eigenvalue weighted by Gasteiger charge is -2.16. The molecule has 0 unspecified atom stereocenters. The van der Waals surface area contributed by atoms with Gasteiger partial charge in [0, 0.05) is 16.5 Å². The lowest BCUT2D eigenvalue weighted by molar-refractivity contribution is -0.113. The molecule has 2 amide bonds. The first-order chi connectivity index (χ1) is 11.7. The van der Waals surface area contributed by atoms with Gasteiger partial charge in [0.2, 0.25) is 5.91 Å². The summed E-state index contributed by atoms with van der Waals surface area (Å²) in [6.07, 6.45) is 0. The molecule has 1 aromatic carbocycles. The molecule has 6 nitrogen and oxygen atoms in total. The fraction of sp³-hybridized carbons (Fsp3) is 0.0625. The molecule has 1 aliphatic rings. The normalized spacial score (nSPS) is 13.2. The number of H-pyrrole nitrogens is 1. The SMILES string of the molecule is O=C1CSc2ccc(C(=O)Nc3cc(-c4cccs4)[nH]n3)cc2N1. The summed E-state index contributed by atoms with van der Waals surface area (Å²) in [5, 5.41) is 14.5. The highest BCUT2D eigenvalue weighted by Crippen LogP contribution is 2.32. The van der Waals surface area contributed by atoms with E-state index in [1.165, 1.54) is 11.8 Å². The van der Waals surface area contributed by atoms with Crippen LogP contribution in [0.15, 0.2) is 46.7 Å². The maximum atomic E-state index is 12.4. The van der Waals surface area contributed by atoms with Crippen molar-refractivity contribution in [3.63, 3.8) is 0 Å². The van der Waals surface area contributed by atoms with Crippen LogP contribution in [0.3, 0.4) is 0 Å². The third-order valence-electron chi connectivity index (χ3n) is 3.48. The Bertz CT molecular complexity index is 918. The van der Waals surface area contributed by atoms with Crippen LogP contribution in [0.1, 0.15) is 10.4 Å². The Labute approximate surface area is 145 Å². The molecule has 0 radical (unpaired) electrons. The summed E-state index contributed by atoms with van der Waals surface area (Å²) in [4.78, 5) is 25.9. The number of hydrogen-bond acceptors (Lipinski definition) is 5. The van der Waals surface area contributed by atoms with Crippen LogP contribution in [-0.4, -0.2) is 27.8 Å². The summed E-state index contributed by atoms with van der Waals surface area (Å²) >= 11 is 3.06. The molecule has 120 valence electrons. The topological polar surface area (TPSA) is 86.9 Å². The number of amides is 2. The number of carbonyl (C=O) groups is 2. The molecule has 0 atom stereocenters. The van der Waals surface area contributed by atoms with E-state index in [0.29, 0.717) is 22.8 Å². The summed E-state index contributed by atoms with van der Waals surface area (Å²) in [5.74, 6) is 0.529. The molecule has 2 aromatic heterocycles. The Morgan fingerprint density at radius 1 is 1.25 bits per heavy atom. The highest BCUT2D eigenvalue weighted by atomic mass is 32.2. The summed E-state index contributed by atoms with van der Waals surface area (Å²) in [5.41, 5.74) is 2.00. The molecule has 1 aliphatic heterocycles. The number of nitrogens with zero attached hydrogens (tertiary/aromatic N) is 1. The summed E-state index contributed by atoms with van der Waals surface area (Å²) in [7, 11) is 0.